The molecular weight excluding hydrogens is 298 g/mol. The minimum atomic E-state index is -3.39. The Bertz CT molecular complexity index is 865. The molecule has 1 heterocycles. The molecule has 1 aliphatic rings. The van der Waals surface area contributed by atoms with E-state index in [1.165, 1.54) is 12.1 Å². The number of hydrogen-bond acceptors (Lipinski definition) is 3. The van der Waals surface area contributed by atoms with Gasteiger partial charge in [0.2, 0.25) is 0 Å². The molecule has 112 valence electrons. The highest BCUT2D eigenvalue weighted by Gasteiger charge is 2.24. The lowest BCUT2D eigenvalue weighted by atomic mass is 10.1. The summed E-state index contributed by atoms with van der Waals surface area (Å²) in [6.07, 6.45) is 1.48. The Labute approximate surface area is 129 Å². The van der Waals surface area contributed by atoms with Gasteiger partial charge < -0.3 is 5.32 Å². The maximum atomic E-state index is 12.3. The lowest BCUT2D eigenvalue weighted by Gasteiger charge is -2.09. The van der Waals surface area contributed by atoms with Crippen LogP contribution in [0.2, 0.25) is 0 Å². The van der Waals surface area contributed by atoms with E-state index in [2.05, 4.69) is 5.32 Å². The molecular formula is C17H15NO3S. The van der Waals surface area contributed by atoms with Crippen molar-refractivity contribution in [3.63, 3.8) is 0 Å². The zero-order valence-corrected chi connectivity index (χ0v) is 12.9. The van der Waals surface area contributed by atoms with Crippen LogP contribution in [0.5, 0.6) is 0 Å². The van der Waals surface area contributed by atoms with E-state index in [4.69, 9.17) is 0 Å². The van der Waals surface area contributed by atoms with Crippen LogP contribution < -0.4 is 5.32 Å². The molecule has 1 N–H and O–H groups in total. The molecule has 2 aromatic rings. The molecule has 0 saturated heterocycles. The van der Waals surface area contributed by atoms with Gasteiger partial charge in [-0.25, -0.2) is 8.42 Å². The predicted octanol–water partition coefficient (Wildman–Crippen LogP) is 2.68. The van der Waals surface area contributed by atoms with E-state index in [1.54, 1.807) is 12.1 Å². The van der Waals surface area contributed by atoms with Crippen LogP contribution in [0.3, 0.4) is 0 Å². The Morgan fingerprint density at radius 2 is 1.82 bits per heavy atom. The summed E-state index contributed by atoms with van der Waals surface area (Å²) in [6, 6.07) is 12.6. The van der Waals surface area contributed by atoms with Crippen molar-refractivity contribution in [1.29, 1.82) is 0 Å². The van der Waals surface area contributed by atoms with E-state index < -0.39 is 9.84 Å². The molecule has 0 saturated carbocycles. The van der Waals surface area contributed by atoms with Crippen LogP contribution in [0.1, 0.15) is 27.0 Å². The van der Waals surface area contributed by atoms with Gasteiger partial charge in [-0.05, 0) is 30.7 Å². The quantitative estimate of drug-likeness (QED) is 0.947. The molecule has 5 heteroatoms. The molecule has 0 atom stereocenters. The summed E-state index contributed by atoms with van der Waals surface area (Å²) in [6.45, 7) is 2.40. The Morgan fingerprint density at radius 3 is 2.55 bits per heavy atom. The van der Waals surface area contributed by atoms with Crippen molar-refractivity contribution in [3.05, 3.63) is 70.1 Å². The standard InChI is InChI=1S/C17H15NO3S/c1-12-5-7-13(8-6-12)11-18-17(19)15-3-2-4-16-14(15)9-10-22(16,20)21/h2-10H,11H2,1H3,(H,18,19). The number of carbonyl (C=O) groups excluding carboxylic acids is 1. The fraction of sp³-hybridized carbons (Fsp3) is 0.118. The third-order valence-electron chi connectivity index (χ3n) is 3.60. The van der Waals surface area contributed by atoms with Gasteiger partial charge in [0, 0.05) is 23.1 Å². The largest absolute Gasteiger partial charge is 0.348 e. The first kappa shape index (κ1) is 14.5. The summed E-state index contributed by atoms with van der Waals surface area (Å²) in [5, 5.41) is 3.96. The number of sulfone groups is 1. The van der Waals surface area contributed by atoms with Gasteiger partial charge in [0.25, 0.3) is 5.91 Å². The maximum Gasteiger partial charge on any atom is 0.252 e. The molecule has 22 heavy (non-hydrogen) atoms. The Balaban J connectivity index is 1.81. The van der Waals surface area contributed by atoms with Crippen LogP contribution in [0, 0.1) is 6.92 Å². The third kappa shape index (κ3) is 2.67. The number of nitrogens with one attached hydrogen (secondary N) is 1. The third-order valence-corrected chi connectivity index (χ3v) is 5.07. The van der Waals surface area contributed by atoms with Crippen LogP contribution >= 0.6 is 0 Å². The summed E-state index contributed by atoms with van der Waals surface area (Å²) >= 11 is 0. The highest BCUT2D eigenvalue weighted by molar-refractivity contribution is 7.94. The molecule has 4 nitrogen and oxygen atoms in total. The molecule has 3 rings (SSSR count). The molecule has 0 unspecified atom stereocenters. The van der Waals surface area contributed by atoms with Gasteiger partial charge >= 0.3 is 0 Å². The minimum Gasteiger partial charge on any atom is -0.348 e. The first-order valence-corrected chi connectivity index (χ1v) is 8.42. The number of rotatable bonds is 3. The van der Waals surface area contributed by atoms with Gasteiger partial charge in [-0.3, -0.25) is 4.79 Å². The topological polar surface area (TPSA) is 63.2 Å². The van der Waals surface area contributed by atoms with E-state index in [0.717, 1.165) is 16.5 Å². The monoisotopic (exact) mass is 313 g/mol. The molecule has 0 spiro atoms. The fourth-order valence-electron chi connectivity index (χ4n) is 2.38. The second kappa shape index (κ2) is 5.42. The minimum absolute atomic E-state index is 0.190. The Hall–Kier alpha value is -2.40. The molecule has 0 radical (unpaired) electrons. The van der Waals surface area contributed by atoms with Crippen molar-refractivity contribution >= 4 is 21.8 Å². The van der Waals surface area contributed by atoms with Crippen molar-refractivity contribution in [2.75, 3.05) is 0 Å². The number of amides is 1. The van der Waals surface area contributed by atoms with Gasteiger partial charge in [0.15, 0.2) is 9.84 Å². The molecule has 0 aliphatic carbocycles. The summed E-state index contributed by atoms with van der Waals surface area (Å²) in [5.74, 6) is -0.279. The summed E-state index contributed by atoms with van der Waals surface area (Å²) in [4.78, 5) is 12.5. The van der Waals surface area contributed by atoms with E-state index >= 15 is 0 Å². The van der Waals surface area contributed by atoms with Crippen molar-refractivity contribution in [3.8, 4) is 0 Å². The van der Waals surface area contributed by atoms with E-state index in [1.807, 2.05) is 31.2 Å². The van der Waals surface area contributed by atoms with Gasteiger partial charge in [-0.15, -0.1) is 0 Å². The number of aryl methyl sites for hydroxylation is 1. The zero-order valence-electron chi connectivity index (χ0n) is 12.0. The molecule has 2 aromatic carbocycles. The Kier molecular flexibility index (Phi) is 3.58. The van der Waals surface area contributed by atoms with Crippen molar-refractivity contribution in [2.45, 2.75) is 18.4 Å². The van der Waals surface area contributed by atoms with Gasteiger partial charge in [0.05, 0.1) is 4.90 Å². The molecule has 0 bridgehead atoms. The van der Waals surface area contributed by atoms with Crippen LogP contribution in [-0.2, 0) is 16.4 Å². The molecule has 1 amide bonds. The van der Waals surface area contributed by atoms with Crippen LogP contribution in [-0.4, -0.2) is 14.3 Å². The summed E-state index contributed by atoms with van der Waals surface area (Å²) in [5.41, 5.74) is 2.99. The number of carbonyl (C=O) groups is 1. The fourth-order valence-corrected chi connectivity index (χ4v) is 3.59. The van der Waals surface area contributed by atoms with Crippen molar-refractivity contribution in [1.82, 2.24) is 5.32 Å². The maximum absolute atomic E-state index is 12.3. The van der Waals surface area contributed by atoms with Crippen LogP contribution in [0.4, 0.5) is 0 Å². The average molecular weight is 313 g/mol. The van der Waals surface area contributed by atoms with Gasteiger partial charge in [-0.2, -0.15) is 0 Å². The van der Waals surface area contributed by atoms with Gasteiger partial charge in [0.1, 0.15) is 0 Å². The number of fused-ring (bicyclic) bond motifs is 1. The molecule has 0 aromatic heterocycles. The lowest BCUT2D eigenvalue weighted by molar-refractivity contribution is 0.0950. The van der Waals surface area contributed by atoms with E-state index in [9.17, 15) is 13.2 Å². The SMILES string of the molecule is Cc1ccc(CNC(=O)c2cccc3c2C=CS3(=O)=O)cc1. The molecule has 0 fully saturated rings. The predicted molar refractivity (Wildman–Crippen MR) is 85.0 cm³/mol. The normalized spacial score (nSPS) is 14.6. The summed E-state index contributed by atoms with van der Waals surface area (Å²) in [7, 11) is -3.39. The average Bonchev–Trinajstić information content (AvgIpc) is 2.82. The lowest BCUT2D eigenvalue weighted by Crippen LogP contribution is -2.23. The second-order valence-electron chi connectivity index (χ2n) is 5.23. The van der Waals surface area contributed by atoms with E-state index in [0.29, 0.717) is 17.7 Å². The highest BCUT2D eigenvalue weighted by atomic mass is 32.2. The van der Waals surface area contributed by atoms with Crippen LogP contribution in [0.15, 0.2) is 52.8 Å². The summed E-state index contributed by atoms with van der Waals surface area (Å²) < 4.78 is 23.6. The van der Waals surface area contributed by atoms with Crippen LogP contribution in [0.25, 0.3) is 6.08 Å². The number of benzene rings is 2. The Morgan fingerprint density at radius 1 is 1.09 bits per heavy atom. The second-order valence-corrected chi connectivity index (χ2v) is 7.04. The van der Waals surface area contributed by atoms with Crippen molar-refractivity contribution < 1.29 is 13.2 Å². The first-order chi connectivity index (χ1) is 10.5. The molecule has 1 aliphatic heterocycles. The first-order valence-electron chi connectivity index (χ1n) is 6.87. The highest BCUT2D eigenvalue weighted by Crippen LogP contribution is 2.29. The van der Waals surface area contributed by atoms with Gasteiger partial charge in [-0.1, -0.05) is 35.9 Å². The van der Waals surface area contributed by atoms with Crippen molar-refractivity contribution in [2.24, 2.45) is 0 Å². The zero-order chi connectivity index (χ0) is 15.7. The van der Waals surface area contributed by atoms with E-state index in [-0.39, 0.29) is 10.8 Å². The number of hydrogen-bond donors (Lipinski definition) is 1. The smallest absolute Gasteiger partial charge is 0.252 e.